The fourth-order valence-corrected chi connectivity index (χ4v) is 4.06. The van der Waals surface area contributed by atoms with Crippen molar-refractivity contribution in [3.8, 4) is 0 Å². The van der Waals surface area contributed by atoms with Crippen LogP contribution in [0.3, 0.4) is 0 Å². The number of nitrogens with zero attached hydrogens (tertiary/aromatic N) is 3. The molecule has 2 aromatic heterocycles. The van der Waals surface area contributed by atoms with Crippen molar-refractivity contribution < 1.29 is 4.79 Å². The molecule has 4 rings (SSSR count). The van der Waals surface area contributed by atoms with Gasteiger partial charge in [-0.3, -0.25) is 4.79 Å². The van der Waals surface area contributed by atoms with Gasteiger partial charge < -0.3 is 5.32 Å². The van der Waals surface area contributed by atoms with E-state index in [1.165, 1.54) is 10.3 Å². The van der Waals surface area contributed by atoms with Gasteiger partial charge in [0, 0.05) is 35.8 Å². The van der Waals surface area contributed by atoms with Crippen LogP contribution in [-0.4, -0.2) is 26.4 Å². The molecule has 0 bridgehead atoms. The Balaban J connectivity index is 1.48. The first-order chi connectivity index (χ1) is 14.9. The van der Waals surface area contributed by atoms with Crippen molar-refractivity contribution in [3.63, 3.8) is 0 Å². The van der Waals surface area contributed by atoms with Crippen molar-refractivity contribution >= 4 is 27.5 Å². The molecule has 0 radical (unpaired) electrons. The Morgan fingerprint density at radius 2 is 1.87 bits per heavy atom. The van der Waals surface area contributed by atoms with E-state index in [1.54, 1.807) is 11.3 Å². The summed E-state index contributed by atoms with van der Waals surface area (Å²) in [5.74, 6) is 0.699. The number of benzene rings is 2. The largest absolute Gasteiger partial charge is 0.347 e. The number of hydrogen-bond acceptors (Lipinski definition) is 5. The maximum absolute atomic E-state index is 12.6. The summed E-state index contributed by atoms with van der Waals surface area (Å²) < 4.78 is 1.19. The number of thiazole rings is 1. The first-order valence-electron chi connectivity index (χ1n) is 10.5. The Morgan fingerprint density at radius 1 is 1.03 bits per heavy atom. The minimum atomic E-state index is -0.229. The van der Waals surface area contributed by atoms with Crippen LogP contribution in [0.25, 0.3) is 10.2 Å². The molecular formula is C25H26N4OS. The second-order valence-corrected chi connectivity index (χ2v) is 9.25. The third-order valence-electron chi connectivity index (χ3n) is 5.43. The van der Waals surface area contributed by atoms with Crippen molar-refractivity contribution in [1.82, 2.24) is 20.3 Å². The Bertz CT molecular complexity index is 1210. The Morgan fingerprint density at radius 3 is 2.71 bits per heavy atom. The number of rotatable bonds is 7. The third-order valence-corrected chi connectivity index (χ3v) is 6.22. The van der Waals surface area contributed by atoms with Crippen LogP contribution in [0, 0.1) is 0 Å². The Labute approximate surface area is 186 Å². The molecule has 0 aliphatic rings. The zero-order valence-corrected chi connectivity index (χ0v) is 18.9. The molecule has 2 heterocycles. The molecule has 0 fully saturated rings. The lowest BCUT2D eigenvalue weighted by Crippen LogP contribution is -2.42. The fourth-order valence-electron chi connectivity index (χ4n) is 3.32. The SMILES string of the molecule is CCC(C)(C)NC(=O)c1cccc(Cc2nccc(Cc3ccc4ncsc4c3)n2)c1. The van der Waals surface area contributed by atoms with Gasteiger partial charge in [0.05, 0.1) is 15.7 Å². The molecule has 158 valence electrons. The van der Waals surface area contributed by atoms with Crippen LogP contribution in [0.4, 0.5) is 0 Å². The van der Waals surface area contributed by atoms with E-state index in [0.29, 0.717) is 12.0 Å². The van der Waals surface area contributed by atoms with Gasteiger partial charge in [-0.25, -0.2) is 15.0 Å². The molecule has 1 N–H and O–H groups in total. The van der Waals surface area contributed by atoms with Crippen LogP contribution in [0.15, 0.2) is 60.2 Å². The Kier molecular flexibility index (Phi) is 6.09. The van der Waals surface area contributed by atoms with E-state index in [2.05, 4.69) is 40.4 Å². The van der Waals surface area contributed by atoms with E-state index >= 15 is 0 Å². The van der Waals surface area contributed by atoms with Crippen molar-refractivity contribution in [2.24, 2.45) is 0 Å². The van der Waals surface area contributed by atoms with Gasteiger partial charge in [-0.05, 0) is 61.7 Å². The van der Waals surface area contributed by atoms with E-state index < -0.39 is 0 Å². The molecule has 0 aliphatic heterocycles. The third kappa shape index (κ3) is 5.33. The molecule has 0 spiro atoms. The highest BCUT2D eigenvalue weighted by Crippen LogP contribution is 2.20. The first-order valence-corrected chi connectivity index (χ1v) is 11.3. The first kappa shape index (κ1) is 21.1. The standard InChI is InChI=1S/C25H26N4OS/c1-4-25(2,3)29-24(30)19-7-5-6-17(12-19)15-23-26-11-10-20(28-23)13-18-8-9-21-22(14-18)31-16-27-21/h5-12,14,16H,4,13,15H2,1-3H3,(H,29,30). The molecule has 31 heavy (non-hydrogen) atoms. The van der Waals surface area contributed by atoms with Crippen LogP contribution >= 0.6 is 11.3 Å². The highest BCUT2D eigenvalue weighted by Gasteiger charge is 2.19. The highest BCUT2D eigenvalue weighted by molar-refractivity contribution is 7.16. The van der Waals surface area contributed by atoms with Crippen LogP contribution in [-0.2, 0) is 12.8 Å². The van der Waals surface area contributed by atoms with E-state index in [-0.39, 0.29) is 11.4 Å². The molecule has 0 aliphatic carbocycles. The molecular weight excluding hydrogens is 404 g/mol. The van der Waals surface area contributed by atoms with Crippen LogP contribution in [0.2, 0.25) is 0 Å². The van der Waals surface area contributed by atoms with Gasteiger partial charge in [0.25, 0.3) is 5.91 Å². The maximum Gasteiger partial charge on any atom is 0.251 e. The summed E-state index contributed by atoms with van der Waals surface area (Å²) in [6.45, 7) is 6.12. The van der Waals surface area contributed by atoms with Crippen LogP contribution in [0.5, 0.6) is 0 Å². The molecule has 6 heteroatoms. The van der Waals surface area contributed by atoms with Gasteiger partial charge in [-0.1, -0.05) is 25.1 Å². The second kappa shape index (κ2) is 8.94. The average Bonchev–Trinajstić information content (AvgIpc) is 3.22. The number of nitrogens with one attached hydrogen (secondary N) is 1. The smallest absolute Gasteiger partial charge is 0.251 e. The molecule has 0 saturated carbocycles. The van der Waals surface area contributed by atoms with Crippen molar-refractivity contribution in [2.75, 3.05) is 0 Å². The Hall–Kier alpha value is -3.12. The van der Waals surface area contributed by atoms with Crippen LogP contribution in [0.1, 0.15) is 60.2 Å². The van der Waals surface area contributed by atoms with Crippen molar-refractivity contribution in [1.29, 1.82) is 0 Å². The number of carbonyl (C=O) groups excluding carboxylic acids is 1. The van der Waals surface area contributed by atoms with E-state index in [9.17, 15) is 4.79 Å². The maximum atomic E-state index is 12.6. The minimum absolute atomic E-state index is 0.0539. The lowest BCUT2D eigenvalue weighted by atomic mass is 10.0. The quantitative estimate of drug-likeness (QED) is 0.438. The number of aromatic nitrogens is 3. The van der Waals surface area contributed by atoms with Crippen molar-refractivity contribution in [2.45, 2.75) is 45.6 Å². The lowest BCUT2D eigenvalue weighted by Gasteiger charge is -2.24. The van der Waals surface area contributed by atoms with Gasteiger partial charge >= 0.3 is 0 Å². The summed E-state index contributed by atoms with van der Waals surface area (Å²) in [5.41, 5.74) is 6.54. The van der Waals surface area contributed by atoms with Gasteiger partial charge in [0.15, 0.2) is 0 Å². The highest BCUT2D eigenvalue weighted by atomic mass is 32.1. The summed E-state index contributed by atoms with van der Waals surface area (Å²) in [6, 6.07) is 16.0. The van der Waals surface area contributed by atoms with E-state index in [4.69, 9.17) is 4.98 Å². The van der Waals surface area contributed by atoms with E-state index in [0.717, 1.165) is 35.4 Å². The minimum Gasteiger partial charge on any atom is -0.347 e. The van der Waals surface area contributed by atoms with Gasteiger partial charge in [0.1, 0.15) is 5.82 Å². The topological polar surface area (TPSA) is 67.8 Å². The summed E-state index contributed by atoms with van der Waals surface area (Å²) in [4.78, 5) is 26.1. The number of fused-ring (bicyclic) bond motifs is 1. The summed E-state index contributed by atoms with van der Waals surface area (Å²) in [5, 5.41) is 3.09. The molecule has 0 atom stereocenters. The number of hydrogen-bond donors (Lipinski definition) is 1. The molecule has 4 aromatic rings. The predicted molar refractivity (Wildman–Crippen MR) is 126 cm³/mol. The molecule has 1 amide bonds. The van der Waals surface area contributed by atoms with Gasteiger partial charge in [0.2, 0.25) is 0 Å². The predicted octanol–water partition coefficient (Wildman–Crippen LogP) is 5.19. The number of carbonyl (C=O) groups is 1. The summed E-state index contributed by atoms with van der Waals surface area (Å²) in [7, 11) is 0. The average molecular weight is 431 g/mol. The summed E-state index contributed by atoms with van der Waals surface area (Å²) in [6.07, 6.45) is 4.01. The number of amides is 1. The molecule has 0 saturated heterocycles. The van der Waals surface area contributed by atoms with E-state index in [1.807, 2.05) is 55.9 Å². The monoisotopic (exact) mass is 430 g/mol. The van der Waals surface area contributed by atoms with Gasteiger partial charge in [-0.15, -0.1) is 11.3 Å². The molecule has 0 unspecified atom stereocenters. The molecule has 5 nitrogen and oxygen atoms in total. The van der Waals surface area contributed by atoms with Gasteiger partial charge in [-0.2, -0.15) is 0 Å². The lowest BCUT2D eigenvalue weighted by molar-refractivity contribution is 0.0911. The second-order valence-electron chi connectivity index (χ2n) is 8.36. The normalized spacial score (nSPS) is 11.6. The molecule has 2 aromatic carbocycles. The zero-order valence-electron chi connectivity index (χ0n) is 18.1. The fraction of sp³-hybridized carbons (Fsp3) is 0.280. The van der Waals surface area contributed by atoms with Crippen LogP contribution < -0.4 is 5.32 Å². The summed E-state index contributed by atoms with van der Waals surface area (Å²) >= 11 is 1.65. The zero-order chi connectivity index (χ0) is 21.8. The van der Waals surface area contributed by atoms with Crippen molar-refractivity contribution in [3.05, 3.63) is 88.4 Å².